The molecule has 0 saturated heterocycles. The summed E-state index contributed by atoms with van der Waals surface area (Å²) in [6, 6.07) is 11.7. The molecule has 0 aliphatic rings. The molecular formula is C23H22O6. The van der Waals surface area contributed by atoms with Gasteiger partial charge in [0.05, 0.1) is 13.2 Å². The summed E-state index contributed by atoms with van der Waals surface area (Å²) >= 11 is 0. The summed E-state index contributed by atoms with van der Waals surface area (Å²) in [5, 5.41) is 0.788. The molecule has 0 radical (unpaired) electrons. The standard InChI is InChI=1S/C23H22O6/c1-14(2)27-19-9-5-16(12-21(19)26-4)6-10-22(24)28-17-7-8-18-15(3)11-23(25)29-20(18)13-17/h5-14H,1-4H3/b10-6+. The van der Waals surface area contributed by atoms with Crippen LogP contribution in [0.25, 0.3) is 17.0 Å². The average molecular weight is 394 g/mol. The molecule has 6 nitrogen and oxygen atoms in total. The molecule has 0 atom stereocenters. The molecule has 0 saturated carbocycles. The summed E-state index contributed by atoms with van der Waals surface area (Å²) in [4.78, 5) is 23.7. The van der Waals surface area contributed by atoms with Crippen molar-refractivity contribution in [3.8, 4) is 17.2 Å². The molecule has 29 heavy (non-hydrogen) atoms. The number of benzene rings is 2. The second-order valence-electron chi connectivity index (χ2n) is 6.74. The van der Waals surface area contributed by atoms with E-state index in [9.17, 15) is 9.59 Å². The largest absolute Gasteiger partial charge is 0.493 e. The molecule has 1 heterocycles. The summed E-state index contributed by atoms with van der Waals surface area (Å²) < 4.78 is 21.5. The van der Waals surface area contributed by atoms with Crippen LogP contribution in [0.5, 0.6) is 17.2 Å². The van der Waals surface area contributed by atoms with Crippen molar-refractivity contribution in [1.29, 1.82) is 0 Å². The van der Waals surface area contributed by atoms with Crippen LogP contribution in [0.3, 0.4) is 0 Å². The first-order valence-electron chi connectivity index (χ1n) is 9.15. The van der Waals surface area contributed by atoms with E-state index >= 15 is 0 Å². The van der Waals surface area contributed by atoms with Gasteiger partial charge in [-0.1, -0.05) is 6.07 Å². The summed E-state index contributed by atoms with van der Waals surface area (Å²) in [6.07, 6.45) is 2.96. The first-order valence-corrected chi connectivity index (χ1v) is 9.15. The molecule has 1 aromatic heterocycles. The maximum atomic E-state index is 12.2. The lowest BCUT2D eigenvalue weighted by molar-refractivity contribution is -0.128. The van der Waals surface area contributed by atoms with Gasteiger partial charge in [-0.25, -0.2) is 9.59 Å². The highest BCUT2D eigenvalue weighted by molar-refractivity contribution is 5.89. The number of carbonyl (C=O) groups is 1. The number of carbonyl (C=O) groups excluding carboxylic acids is 1. The van der Waals surface area contributed by atoms with Crippen LogP contribution in [-0.4, -0.2) is 19.2 Å². The summed E-state index contributed by atoms with van der Waals surface area (Å²) in [5.74, 6) is 0.948. The molecule has 3 aromatic rings. The van der Waals surface area contributed by atoms with Crippen LogP contribution in [0.4, 0.5) is 0 Å². The molecule has 0 N–H and O–H groups in total. The lowest BCUT2D eigenvalue weighted by atomic mass is 10.1. The van der Waals surface area contributed by atoms with E-state index < -0.39 is 11.6 Å². The summed E-state index contributed by atoms with van der Waals surface area (Å²) in [5.41, 5.74) is 1.48. The van der Waals surface area contributed by atoms with Crippen LogP contribution in [-0.2, 0) is 4.79 Å². The van der Waals surface area contributed by atoms with E-state index in [0.717, 1.165) is 16.5 Å². The van der Waals surface area contributed by atoms with Crippen LogP contribution in [0.2, 0.25) is 0 Å². The van der Waals surface area contributed by atoms with E-state index in [-0.39, 0.29) is 6.10 Å². The zero-order chi connectivity index (χ0) is 21.0. The lowest BCUT2D eigenvalue weighted by Crippen LogP contribution is -2.06. The van der Waals surface area contributed by atoms with Gasteiger partial charge in [-0.15, -0.1) is 0 Å². The molecule has 0 aliphatic carbocycles. The quantitative estimate of drug-likeness (QED) is 0.265. The number of methoxy groups -OCH3 is 1. The Balaban J connectivity index is 1.74. The third-order valence-electron chi connectivity index (χ3n) is 4.10. The Bertz CT molecular complexity index is 1120. The number of esters is 1. The fraction of sp³-hybridized carbons (Fsp3) is 0.217. The molecule has 0 bridgehead atoms. The smallest absolute Gasteiger partial charge is 0.336 e. The molecule has 2 aromatic carbocycles. The van der Waals surface area contributed by atoms with Crippen molar-refractivity contribution in [2.45, 2.75) is 26.9 Å². The molecule has 3 rings (SSSR count). The van der Waals surface area contributed by atoms with E-state index in [2.05, 4.69) is 0 Å². The van der Waals surface area contributed by atoms with Crippen LogP contribution in [0.15, 0.2) is 57.8 Å². The van der Waals surface area contributed by atoms with Gasteiger partial charge in [-0.05, 0) is 62.2 Å². The maximum Gasteiger partial charge on any atom is 0.336 e. The van der Waals surface area contributed by atoms with Crippen molar-refractivity contribution < 1.29 is 23.4 Å². The van der Waals surface area contributed by atoms with Crippen molar-refractivity contribution in [3.63, 3.8) is 0 Å². The fourth-order valence-electron chi connectivity index (χ4n) is 2.82. The van der Waals surface area contributed by atoms with E-state index in [0.29, 0.717) is 22.8 Å². The van der Waals surface area contributed by atoms with Gasteiger partial charge in [0.2, 0.25) is 0 Å². The van der Waals surface area contributed by atoms with Gasteiger partial charge in [0, 0.05) is 23.6 Å². The minimum absolute atomic E-state index is 0.0236. The second-order valence-corrected chi connectivity index (χ2v) is 6.74. The Morgan fingerprint density at radius 3 is 2.59 bits per heavy atom. The van der Waals surface area contributed by atoms with Crippen molar-refractivity contribution in [2.75, 3.05) is 7.11 Å². The SMILES string of the molecule is COc1cc(/C=C/C(=O)Oc2ccc3c(C)cc(=O)oc3c2)ccc1OC(C)C. The second kappa shape index (κ2) is 8.65. The number of hydrogen-bond donors (Lipinski definition) is 0. The minimum Gasteiger partial charge on any atom is -0.493 e. The minimum atomic E-state index is -0.555. The first kappa shape index (κ1) is 20.2. The molecule has 0 unspecified atom stereocenters. The number of ether oxygens (including phenoxy) is 3. The van der Waals surface area contributed by atoms with Gasteiger partial charge in [0.1, 0.15) is 11.3 Å². The normalized spacial score (nSPS) is 11.2. The van der Waals surface area contributed by atoms with Gasteiger partial charge in [0.15, 0.2) is 11.5 Å². The van der Waals surface area contributed by atoms with E-state index in [1.165, 1.54) is 18.2 Å². The zero-order valence-electron chi connectivity index (χ0n) is 16.7. The van der Waals surface area contributed by atoms with Crippen LogP contribution in [0.1, 0.15) is 25.0 Å². The topological polar surface area (TPSA) is 75.0 Å². The maximum absolute atomic E-state index is 12.2. The zero-order valence-corrected chi connectivity index (χ0v) is 16.7. The summed E-state index contributed by atoms with van der Waals surface area (Å²) in [6.45, 7) is 5.68. The molecule has 0 amide bonds. The Labute approximate surface area is 168 Å². The van der Waals surface area contributed by atoms with E-state index in [1.807, 2.05) is 26.8 Å². The third-order valence-corrected chi connectivity index (χ3v) is 4.10. The van der Waals surface area contributed by atoms with Gasteiger partial charge >= 0.3 is 11.6 Å². The first-order chi connectivity index (χ1) is 13.9. The summed E-state index contributed by atoms with van der Waals surface area (Å²) in [7, 11) is 1.56. The highest BCUT2D eigenvalue weighted by Gasteiger charge is 2.08. The Hall–Kier alpha value is -3.54. The Morgan fingerprint density at radius 2 is 1.86 bits per heavy atom. The van der Waals surface area contributed by atoms with Crippen LogP contribution >= 0.6 is 0 Å². The van der Waals surface area contributed by atoms with Crippen molar-refractivity contribution in [3.05, 3.63) is 70.1 Å². The van der Waals surface area contributed by atoms with Gasteiger partial charge in [0.25, 0.3) is 0 Å². The van der Waals surface area contributed by atoms with Crippen LogP contribution in [0, 0.1) is 6.92 Å². The Morgan fingerprint density at radius 1 is 1.07 bits per heavy atom. The number of aryl methyl sites for hydroxylation is 1. The molecule has 0 fully saturated rings. The molecule has 0 aliphatic heterocycles. The molecule has 150 valence electrons. The monoisotopic (exact) mass is 394 g/mol. The molecule has 6 heteroatoms. The fourth-order valence-corrected chi connectivity index (χ4v) is 2.82. The van der Waals surface area contributed by atoms with Gasteiger partial charge in [-0.3, -0.25) is 0 Å². The van der Waals surface area contributed by atoms with E-state index in [1.54, 1.807) is 37.5 Å². The number of hydrogen-bond acceptors (Lipinski definition) is 6. The lowest BCUT2D eigenvalue weighted by Gasteiger charge is -2.13. The third kappa shape index (κ3) is 5.04. The highest BCUT2D eigenvalue weighted by atomic mass is 16.5. The number of fused-ring (bicyclic) bond motifs is 1. The van der Waals surface area contributed by atoms with Crippen LogP contribution < -0.4 is 19.8 Å². The highest BCUT2D eigenvalue weighted by Crippen LogP contribution is 2.29. The van der Waals surface area contributed by atoms with Crippen molar-refractivity contribution in [2.24, 2.45) is 0 Å². The van der Waals surface area contributed by atoms with E-state index in [4.69, 9.17) is 18.6 Å². The van der Waals surface area contributed by atoms with Gasteiger partial charge < -0.3 is 18.6 Å². The molecular weight excluding hydrogens is 372 g/mol. The average Bonchev–Trinajstić information content (AvgIpc) is 2.66. The number of rotatable bonds is 6. The predicted octanol–water partition coefficient (Wildman–Crippen LogP) is 4.52. The Kier molecular flexibility index (Phi) is 6.02. The van der Waals surface area contributed by atoms with Crippen molar-refractivity contribution in [1.82, 2.24) is 0 Å². The molecule has 0 spiro atoms. The van der Waals surface area contributed by atoms with Gasteiger partial charge in [-0.2, -0.15) is 0 Å². The van der Waals surface area contributed by atoms with Crippen molar-refractivity contribution >= 4 is 23.0 Å². The predicted molar refractivity (Wildman–Crippen MR) is 111 cm³/mol.